The van der Waals surface area contributed by atoms with Gasteiger partial charge in [-0.15, -0.1) is 0 Å². The van der Waals surface area contributed by atoms with Gasteiger partial charge in [0.15, 0.2) is 5.16 Å². The molecule has 0 aliphatic carbocycles. The van der Waals surface area contributed by atoms with Crippen LogP contribution in [0.1, 0.15) is 30.9 Å². The highest BCUT2D eigenvalue weighted by Crippen LogP contribution is 2.35. The fourth-order valence-electron chi connectivity index (χ4n) is 3.84. The van der Waals surface area contributed by atoms with Crippen molar-refractivity contribution < 1.29 is 14.6 Å². The van der Waals surface area contributed by atoms with Crippen LogP contribution in [0, 0.1) is 13.8 Å². The number of hydrogen-bond acceptors (Lipinski definition) is 5. The maximum atomic E-state index is 11.8. The number of aliphatic hydroxyl groups is 1. The molecule has 1 fully saturated rings. The third kappa shape index (κ3) is 4.77. The van der Waals surface area contributed by atoms with Gasteiger partial charge in [0.05, 0.1) is 23.4 Å². The first-order chi connectivity index (χ1) is 14.3. The molecule has 2 atom stereocenters. The summed E-state index contributed by atoms with van der Waals surface area (Å²) in [5.74, 6) is 0.188. The predicted octanol–water partition coefficient (Wildman–Crippen LogP) is 4.91. The average molecular weight is 423 g/mol. The van der Waals surface area contributed by atoms with Crippen LogP contribution in [-0.2, 0) is 9.53 Å². The Morgan fingerprint density at radius 2 is 1.83 bits per heavy atom. The van der Waals surface area contributed by atoms with E-state index in [0.717, 1.165) is 27.7 Å². The van der Waals surface area contributed by atoms with Crippen LogP contribution in [0.25, 0.3) is 22.5 Å². The molecular weight excluding hydrogens is 396 g/mol. The molecule has 4 rings (SSSR count). The summed E-state index contributed by atoms with van der Waals surface area (Å²) in [6, 6.07) is 16.6. The number of hydrogen-bond donors (Lipinski definition) is 2. The van der Waals surface area contributed by atoms with E-state index in [2.05, 4.69) is 55.2 Å². The molecule has 5 nitrogen and oxygen atoms in total. The van der Waals surface area contributed by atoms with Gasteiger partial charge >= 0.3 is 5.97 Å². The number of nitrogens with one attached hydrogen (secondary N) is 1. The summed E-state index contributed by atoms with van der Waals surface area (Å²) in [6.07, 6.45) is 0.146. The van der Waals surface area contributed by atoms with E-state index in [9.17, 15) is 9.90 Å². The van der Waals surface area contributed by atoms with Crippen LogP contribution in [0.4, 0.5) is 0 Å². The lowest BCUT2D eigenvalue weighted by atomic mass is 9.93. The Kier molecular flexibility index (Phi) is 5.71. The minimum atomic E-state index is -1.01. The van der Waals surface area contributed by atoms with Gasteiger partial charge < -0.3 is 14.8 Å². The normalized spacial score (nSPS) is 21.5. The number of rotatable bonds is 5. The number of nitrogens with zero attached hydrogens (tertiary/aromatic N) is 1. The number of H-pyrrole nitrogens is 1. The Hall–Kier alpha value is -2.57. The van der Waals surface area contributed by atoms with Crippen LogP contribution in [0.15, 0.2) is 53.7 Å². The summed E-state index contributed by atoms with van der Waals surface area (Å²) >= 11 is 1.51. The summed E-state index contributed by atoms with van der Waals surface area (Å²) in [6.45, 7) is 5.83. The van der Waals surface area contributed by atoms with E-state index in [1.54, 1.807) is 6.92 Å². The van der Waals surface area contributed by atoms with Crippen molar-refractivity contribution in [1.82, 2.24) is 9.97 Å². The molecule has 0 bridgehead atoms. The minimum Gasteiger partial charge on any atom is -0.461 e. The Bertz CT molecular complexity index is 1010. The number of imidazole rings is 1. The van der Waals surface area contributed by atoms with Crippen LogP contribution in [0.3, 0.4) is 0 Å². The number of esters is 1. The lowest BCUT2D eigenvalue weighted by Crippen LogP contribution is -2.41. The van der Waals surface area contributed by atoms with Gasteiger partial charge in [-0.3, -0.25) is 4.79 Å². The van der Waals surface area contributed by atoms with E-state index in [-0.39, 0.29) is 18.5 Å². The first kappa shape index (κ1) is 20.7. The van der Waals surface area contributed by atoms with Gasteiger partial charge in [-0.1, -0.05) is 59.3 Å². The van der Waals surface area contributed by atoms with Crippen molar-refractivity contribution in [2.24, 2.45) is 0 Å². The van der Waals surface area contributed by atoms with Crippen LogP contribution in [-0.4, -0.2) is 38.5 Å². The topological polar surface area (TPSA) is 75.2 Å². The van der Waals surface area contributed by atoms with Gasteiger partial charge in [-0.2, -0.15) is 0 Å². The summed E-state index contributed by atoms with van der Waals surface area (Å²) < 4.78 is 5.42. The predicted molar refractivity (Wildman–Crippen MR) is 119 cm³/mol. The fourth-order valence-corrected chi connectivity index (χ4v) is 4.70. The number of ether oxygens (including phenoxy) is 1. The average Bonchev–Trinajstić information content (AvgIpc) is 3.09. The van der Waals surface area contributed by atoms with Crippen LogP contribution in [0.5, 0.6) is 0 Å². The van der Waals surface area contributed by atoms with Gasteiger partial charge in [0.25, 0.3) is 0 Å². The summed E-state index contributed by atoms with van der Waals surface area (Å²) in [5.41, 5.74) is 5.36. The van der Waals surface area contributed by atoms with Gasteiger partial charge in [0.2, 0.25) is 0 Å². The van der Waals surface area contributed by atoms with Crippen LogP contribution >= 0.6 is 11.8 Å². The Balaban J connectivity index is 1.63. The molecule has 156 valence electrons. The van der Waals surface area contributed by atoms with Crippen molar-refractivity contribution in [2.45, 2.75) is 50.5 Å². The minimum absolute atomic E-state index is 0.0456. The lowest BCUT2D eigenvalue weighted by Gasteiger charge is -2.32. The van der Waals surface area contributed by atoms with Gasteiger partial charge in [-0.25, -0.2) is 4.98 Å². The fraction of sp³-hybridized carbons (Fsp3) is 0.333. The van der Waals surface area contributed by atoms with Crippen molar-refractivity contribution in [2.75, 3.05) is 5.75 Å². The number of thioether (sulfide) groups is 1. The molecule has 0 unspecified atom stereocenters. The number of aryl methyl sites for hydroxylation is 2. The van der Waals surface area contributed by atoms with Gasteiger partial charge in [0.1, 0.15) is 6.10 Å². The smallest absolute Gasteiger partial charge is 0.309 e. The standard InChI is InChI=1S/C24H26N2O3S/c1-15-6-4-8-17(10-15)21-22(18-9-5-7-16(2)11-18)26-23(25-21)30-14-19-12-24(3,28)13-20(27)29-19/h4-11,19,28H,12-14H2,1-3H3,(H,25,26)/t19-,24-/m0/s1. The van der Waals surface area contributed by atoms with Crippen molar-refractivity contribution in [3.8, 4) is 22.5 Å². The Labute approximate surface area is 180 Å². The third-order valence-electron chi connectivity index (χ3n) is 5.18. The number of carbonyl (C=O) groups is 1. The summed E-state index contributed by atoms with van der Waals surface area (Å²) in [4.78, 5) is 20.1. The number of benzene rings is 2. The van der Waals surface area contributed by atoms with Crippen LogP contribution < -0.4 is 0 Å². The number of cyclic esters (lactones) is 1. The van der Waals surface area contributed by atoms with Crippen molar-refractivity contribution >= 4 is 17.7 Å². The second-order valence-electron chi connectivity index (χ2n) is 8.31. The molecule has 3 aromatic rings. The number of carbonyl (C=O) groups excluding carboxylic acids is 1. The number of aromatic nitrogens is 2. The highest BCUT2D eigenvalue weighted by molar-refractivity contribution is 7.99. The molecule has 2 heterocycles. The van der Waals surface area contributed by atoms with E-state index in [0.29, 0.717) is 12.2 Å². The first-order valence-corrected chi connectivity index (χ1v) is 11.1. The van der Waals surface area contributed by atoms with Gasteiger partial charge in [0, 0.05) is 23.3 Å². The van der Waals surface area contributed by atoms with E-state index in [4.69, 9.17) is 9.72 Å². The highest BCUT2D eigenvalue weighted by atomic mass is 32.2. The zero-order valence-corrected chi connectivity index (χ0v) is 18.3. The Morgan fingerprint density at radius 1 is 1.17 bits per heavy atom. The highest BCUT2D eigenvalue weighted by Gasteiger charge is 2.36. The largest absolute Gasteiger partial charge is 0.461 e. The molecule has 30 heavy (non-hydrogen) atoms. The maximum Gasteiger partial charge on any atom is 0.309 e. The molecular formula is C24H26N2O3S. The van der Waals surface area contributed by atoms with Gasteiger partial charge in [-0.05, 0) is 32.9 Å². The second kappa shape index (κ2) is 8.28. The van der Waals surface area contributed by atoms with E-state index in [1.807, 2.05) is 12.1 Å². The maximum absolute atomic E-state index is 11.8. The van der Waals surface area contributed by atoms with Crippen molar-refractivity contribution in [3.63, 3.8) is 0 Å². The van der Waals surface area contributed by atoms with E-state index >= 15 is 0 Å². The zero-order chi connectivity index (χ0) is 21.3. The van der Waals surface area contributed by atoms with E-state index < -0.39 is 5.60 Å². The monoisotopic (exact) mass is 422 g/mol. The molecule has 6 heteroatoms. The SMILES string of the molecule is Cc1cccc(-c2nc(SC[C@@H]3C[C@](C)(O)CC(=O)O3)[nH]c2-c2cccc(C)c2)c1. The van der Waals surface area contributed by atoms with Crippen molar-refractivity contribution in [1.29, 1.82) is 0 Å². The molecule has 1 aliphatic heterocycles. The molecule has 0 saturated carbocycles. The lowest BCUT2D eigenvalue weighted by molar-refractivity contribution is -0.165. The number of aromatic amines is 1. The van der Waals surface area contributed by atoms with E-state index in [1.165, 1.54) is 22.9 Å². The Morgan fingerprint density at radius 3 is 2.50 bits per heavy atom. The molecule has 0 spiro atoms. The molecule has 2 N–H and O–H groups in total. The third-order valence-corrected chi connectivity index (χ3v) is 6.18. The molecule has 0 amide bonds. The second-order valence-corrected chi connectivity index (χ2v) is 9.31. The summed E-state index contributed by atoms with van der Waals surface area (Å²) in [5, 5.41) is 11.0. The summed E-state index contributed by atoms with van der Waals surface area (Å²) in [7, 11) is 0. The molecule has 1 aliphatic rings. The molecule has 0 radical (unpaired) electrons. The molecule has 1 saturated heterocycles. The quantitative estimate of drug-likeness (QED) is 0.451. The van der Waals surface area contributed by atoms with Crippen molar-refractivity contribution in [3.05, 3.63) is 59.7 Å². The van der Waals surface area contributed by atoms with Crippen LogP contribution in [0.2, 0.25) is 0 Å². The molecule has 1 aromatic heterocycles. The molecule has 2 aromatic carbocycles. The zero-order valence-electron chi connectivity index (χ0n) is 17.4. The first-order valence-electron chi connectivity index (χ1n) is 10.1.